The van der Waals surface area contributed by atoms with Crippen LogP contribution in [0.15, 0.2) is 12.4 Å². The van der Waals surface area contributed by atoms with Gasteiger partial charge in [-0.2, -0.15) is 0 Å². The van der Waals surface area contributed by atoms with Crippen LogP contribution < -0.4 is 5.32 Å². The lowest BCUT2D eigenvalue weighted by Crippen LogP contribution is -2.63. The monoisotopic (exact) mass is 195 g/mol. The Kier molecular flexibility index (Phi) is 2.25. The number of aromatic amines is 1. The number of carbonyl (C=O) groups excluding carboxylic acids is 1. The molecule has 0 unspecified atom stereocenters. The average molecular weight is 195 g/mol. The lowest BCUT2D eigenvalue weighted by Gasteiger charge is -2.40. The summed E-state index contributed by atoms with van der Waals surface area (Å²) < 4.78 is 5.29. The maximum atomic E-state index is 10.9. The maximum absolute atomic E-state index is 10.9. The fraction of sp³-hybridized carbons (Fsp3) is 0.556. The molecule has 1 aliphatic rings. The first-order valence-corrected chi connectivity index (χ1v) is 4.59. The summed E-state index contributed by atoms with van der Waals surface area (Å²) in [7, 11) is 0. The van der Waals surface area contributed by atoms with Crippen molar-refractivity contribution in [2.45, 2.75) is 18.9 Å². The lowest BCUT2D eigenvalue weighted by molar-refractivity contribution is -0.162. The van der Waals surface area contributed by atoms with E-state index in [2.05, 4.69) is 15.3 Å². The van der Waals surface area contributed by atoms with Crippen LogP contribution in [-0.4, -0.2) is 34.6 Å². The second-order valence-corrected chi connectivity index (χ2v) is 3.59. The minimum Gasteiger partial charge on any atom is -0.456 e. The number of aromatic nitrogens is 2. The van der Waals surface area contributed by atoms with Gasteiger partial charge in [0, 0.05) is 38.8 Å². The van der Waals surface area contributed by atoms with Gasteiger partial charge in [0.05, 0.1) is 0 Å². The molecule has 0 radical (unpaired) electrons. The second-order valence-electron chi connectivity index (χ2n) is 3.59. The highest BCUT2D eigenvalue weighted by Gasteiger charge is 2.41. The predicted octanol–water partition coefficient (Wildman–Crippen LogP) is -0.143. The third-order valence-corrected chi connectivity index (χ3v) is 2.30. The van der Waals surface area contributed by atoms with Gasteiger partial charge in [-0.3, -0.25) is 4.79 Å². The summed E-state index contributed by atoms with van der Waals surface area (Å²) >= 11 is 0. The predicted molar refractivity (Wildman–Crippen MR) is 49.7 cm³/mol. The van der Waals surface area contributed by atoms with Gasteiger partial charge in [0.25, 0.3) is 0 Å². The molecule has 5 nitrogen and oxygen atoms in total. The van der Waals surface area contributed by atoms with Crippen molar-refractivity contribution in [2.75, 3.05) is 13.1 Å². The number of esters is 1. The highest BCUT2D eigenvalue weighted by molar-refractivity contribution is 5.66. The molecule has 5 heteroatoms. The van der Waals surface area contributed by atoms with Gasteiger partial charge in [-0.15, -0.1) is 0 Å². The summed E-state index contributed by atoms with van der Waals surface area (Å²) in [5.74, 6) is 0.616. The van der Waals surface area contributed by atoms with Crippen LogP contribution in [0, 0.1) is 0 Å². The molecule has 0 amide bonds. The van der Waals surface area contributed by atoms with E-state index in [1.165, 1.54) is 6.92 Å². The maximum Gasteiger partial charge on any atom is 0.303 e. The number of hydrogen-bond acceptors (Lipinski definition) is 4. The van der Waals surface area contributed by atoms with Crippen LogP contribution in [0.1, 0.15) is 12.7 Å². The molecule has 1 saturated heterocycles. The van der Waals surface area contributed by atoms with Gasteiger partial charge < -0.3 is 15.0 Å². The van der Waals surface area contributed by atoms with Crippen molar-refractivity contribution in [3.63, 3.8) is 0 Å². The molecule has 2 rings (SSSR count). The van der Waals surface area contributed by atoms with Crippen LogP contribution in [0.3, 0.4) is 0 Å². The molecule has 1 aromatic rings. The van der Waals surface area contributed by atoms with Crippen LogP contribution in [0.5, 0.6) is 0 Å². The summed E-state index contributed by atoms with van der Waals surface area (Å²) in [5.41, 5.74) is -0.385. The van der Waals surface area contributed by atoms with Crippen molar-refractivity contribution >= 4 is 5.97 Å². The first kappa shape index (κ1) is 9.21. The zero-order chi connectivity index (χ0) is 10.0. The first-order chi connectivity index (χ1) is 6.70. The molecule has 2 heterocycles. The molecule has 0 spiro atoms. The van der Waals surface area contributed by atoms with E-state index < -0.39 is 0 Å². The molecule has 0 aliphatic carbocycles. The van der Waals surface area contributed by atoms with Gasteiger partial charge >= 0.3 is 5.97 Å². The van der Waals surface area contributed by atoms with Crippen molar-refractivity contribution in [2.24, 2.45) is 0 Å². The normalized spacial score (nSPS) is 18.6. The molecule has 76 valence electrons. The number of nitrogens with one attached hydrogen (secondary N) is 2. The number of hydrogen-bond donors (Lipinski definition) is 2. The number of ether oxygens (including phenoxy) is 1. The zero-order valence-electron chi connectivity index (χ0n) is 8.04. The van der Waals surface area contributed by atoms with Crippen molar-refractivity contribution in [3.8, 4) is 0 Å². The lowest BCUT2D eigenvalue weighted by atomic mass is 9.92. The van der Waals surface area contributed by atoms with Gasteiger partial charge in [0.15, 0.2) is 0 Å². The Morgan fingerprint density at radius 2 is 2.50 bits per heavy atom. The van der Waals surface area contributed by atoms with E-state index >= 15 is 0 Å². The van der Waals surface area contributed by atoms with Crippen molar-refractivity contribution in [1.82, 2.24) is 15.3 Å². The van der Waals surface area contributed by atoms with E-state index in [-0.39, 0.29) is 11.6 Å². The summed E-state index contributed by atoms with van der Waals surface area (Å²) in [4.78, 5) is 18.0. The summed E-state index contributed by atoms with van der Waals surface area (Å²) in [6, 6.07) is 0. The van der Waals surface area contributed by atoms with Gasteiger partial charge in [-0.25, -0.2) is 4.98 Å². The Hall–Kier alpha value is -1.36. The van der Waals surface area contributed by atoms with Crippen molar-refractivity contribution in [3.05, 3.63) is 18.2 Å². The van der Waals surface area contributed by atoms with E-state index in [1.807, 2.05) is 0 Å². The van der Waals surface area contributed by atoms with E-state index in [0.717, 1.165) is 5.82 Å². The topological polar surface area (TPSA) is 67.0 Å². The Bertz CT molecular complexity index is 317. The van der Waals surface area contributed by atoms with Gasteiger partial charge in [0.1, 0.15) is 11.4 Å². The Labute approximate surface area is 81.9 Å². The molecule has 14 heavy (non-hydrogen) atoms. The average Bonchev–Trinajstić information content (AvgIpc) is 2.51. The molecule has 0 bridgehead atoms. The molecule has 0 atom stereocenters. The van der Waals surface area contributed by atoms with E-state index in [9.17, 15) is 4.79 Å². The van der Waals surface area contributed by atoms with E-state index in [1.54, 1.807) is 12.4 Å². The third-order valence-electron chi connectivity index (χ3n) is 2.30. The van der Waals surface area contributed by atoms with Crippen LogP contribution >= 0.6 is 0 Å². The fourth-order valence-corrected chi connectivity index (χ4v) is 1.64. The van der Waals surface area contributed by atoms with Crippen LogP contribution in [0.4, 0.5) is 0 Å². The van der Waals surface area contributed by atoms with Crippen molar-refractivity contribution in [1.29, 1.82) is 0 Å². The second kappa shape index (κ2) is 3.42. The largest absolute Gasteiger partial charge is 0.456 e. The summed E-state index contributed by atoms with van der Waals surface area (Å²) in [5, 5.41) is 3.10. The van der Waals surface area contributed by atoms with Crippen LogP contribution in [-0.2, 0) is 16.0 Å². The molecule has 1 aromatic heterocycles. The Morgan fingerprint density at radius 1 is 1.71 bits per heavy atom. The fourth-order valence-electron chi connectivity index (χ4n) is 1.64. The van der Waals surface area contributed by atoms with Crippen molar-refractivity contribution < 1.29 is 9.53 Å². The van der Waals surface area contributed by atoms with Crippen LogP contribution in [0.2, 0.25) is 0 Å². The number of carbonyl (C=O) groups is 1. The number of H-pyrrole nitrogens is 1. The summed E-state index contributed by atoms with van der Waals surface area (Å²) in [6.45, 7) is 2.84. The molecule has 0 saturated carbocycles. The number of nitrogens with zero attached hydrogens (tertiary/aromatic N) is 1. The van der Waals surface area contributed by atoms with E-state index in [0.29, 0.717) is 19.5 Å². The minimum atomic E-state index is -0.385. The molecule has 0 aromatic carbocycles. The van der Waals surface area contributed by atoms with Gasteiger partial charge in [0.2, 0.25) is 0 Å². The number of imidazole rings is 1. The Balaban J connectivity index is 2.02. The standard InChI is InChI=1S/C9H13N3O2/c1-7(13)14-9(5-10-6-9)4-8-11-2-3-12-8/h2-3,10H,4-6H2,1H3,(H,11,12). The summed E-state index contributed by atoms with van der Waals surface area (Å²) in [6.07, 6.45) is 4.11. The van der Waals surface area contributed by atoms with Gasteiger partial charge in [-0.05, 0) is 0 Å². The van der Waals surface area contributed by atoms with Crippen LogP contribution in [0.25, 0.3) is 0 Å². The van der Waals surface area contributed by atoms with Gasteiger partial charge in [-0.1, -0.05) is 0 Å². The molecular formula is C9H13N3O2. The Morgan fingerprint density at radius 3 is 2.93 bits per heavy atom. The highest BCUT2D eigenvalue weighted by Crippen LogP contribution is 2.21. The van der Waals surface area contributed by atoms with E-state index in [4.69, 9.17) is 4.74 Å². The molecular weight excluding hydrogens is 182 g/mol. The number of rotatable bonds is 3. The highest BCUT2D eigenvalue weighted by atomic mass is 16.6. The minimum absolute atomic E-state index is 0.238. The molecule has 1 fully saturated rings. The zero-order valence-corrected chi connectivity index (χ0v) is 8.04. The third kappa shape index (κ3) is 1.77. The smallest absolute Gasteiger partial charge is 0.303 e. The first-order valence-electron chi connectivity index (χ1n) is 4.59. The molecule has 2 N–H and O–H groups in total. The SMILES string of the molecule is CC(=O)OC1(Cc2ncc[nH]2)CNC1. The quantitative estimate of drug-likeness (QED) is 0.659. The molecule has 1 aliphatic heterocycles.